The van der Waals surface area contributed by atoms with Crippen LogP contribution in [-0.2, 0) is 31.8 Å². The summed E-state index contributed by atoms with van der Waals surface area (Å²) in [5, 5.41) is 9.03. The number of hydrogen-bond acceptors (Lipinski definition) is 8. The van der Waals surface area contributed by atoms with Crippen LogP contribution in [0.25, 0.3) is 5.57 Å². The highest BCUT2D eigenvalue weighted by atomic mass is 19.2. The Bertz CT molecular complexity index is 2000. The molecule has 1 saturated carbocycles. The molecule has 0 radical (unpaired) electrons. The van der Waals surface area contributed by atoms with Gasteiger partial charge in [0.05, 0.1) is 38.5 Å². The lowest BCUT2D eigenvalue weighted by atomic mass is 9.81. The Balaban J connectivity index is 1.31. The van der Waals surface area contributed by atoms with E-state index >= 15 is 4.79 Å². The molecule has 318 valence electrons. The van der Waals surface area contributed by atoms with E-state index in [1.165, 1.54) is 4.90 Å². The van der Waals surface area contributed by atoms with Gasteiger partial charge in [0.25, 0.3) is 5.91 Å². The number of ether oxygens (including phenoxy) is 4. The Morgan fingerprint density at radius 1 is 0.864 bits per heavy atom. The molecular weight excluding hydrogens is 768 g/mol. The number of carbonyl (C=O) groups excluding carboxylic acids is 3. The van der Waals surface area contributed by atoms with Gasteiger partial charge in [0.2, 0.25) is 5.82 Å². The summed E-state index contributed by atoms with van der Waals surface area (Å²) in [4.78, 5) is 47.9. The van der Waals surface area contributed by atoms with Gasteiger partial charge in [-0.05, 0) is 106 Å². The minimum Gasteiger partial charge on any atom is -0.488 e. The van der Waals surface area contributed by atoms with E-state index in [0.29, 0.717) is 37.4 Å². The van der Waals surface area contributed by atoms with Crippen molar-refractivity contribution >= 4 is 23.7 Å². The molecular formula is C45H54F3N3O8. The first-order valence-electron chi connectivity index (χ1n) is 20.3. The van der Waals surface area contributed by atoms with Gasteiger partial charge in [-0.1, -0.05) is 48.5 Å². The van der Waals surface area contributed by atoms with E-state index in [9.17, 15) is 22.8 Å². The van der Waals surface area contributed by atoms with Crippen molar-refractivity contribution in [2.75, 3.05) is 52.7 Å². The Labute approximate surface area is 343 Å². The van der Waals surface area contributed by atoms with Crippen molar-refractivity contribution in [2.24, 2.45) is 0 Å². The molecule has 2 unspecified atom stereocenters. The lowest BCUT2D eigenvalue weighted by molar-refractivity contribution is -0.129. The topological polar surface area (TPSA) is 118 Å². The molecule has 2 atom stereocenters. The molecule has 3 aliphatic rings. The van der Waals surface area contributed by atoms with Gasteiger partial charge < -0.3 is 33.9 Å². The average Bonchev–Trinajstić information content (AvgIpc) is 4.04. The third-order valence-electron chi connectivity index (χ3n) is 10.7. The standard InChI is InChI=1S/C45H54F3N3O8/c1-29-8-5-6-10-31(29)19-20-50(33-15-16-33)42(53)39-35(32-13-11-30(12-14-32)9-7-22-57-41-37(47)18-17-36(46)40(41)48)26-34-27-49(43(54)58-25-24-56-23-21-52)28-38(39)51(34)44(55)59-45(2,3)4/h5-6,8,10-14,17-18,33-34,38,52H,7,9,15-16,19-28H2,1-4H3. The largest absolute Gasteiger partial charge is 0.488 e. The SMILES string of the molecule is Cc1ccccc1CCN(C(=O)C1=C(c2ccc(CCCOc3c(F)ccc(F)c3F)cc2)CC2CN(C(=O)OCCOCCO)CC1N2C(=O)OC(C)(C)C)C1CC1. The molecule has 14 heteroatoms. The average molecular weight is 822 g/mol. The van der Waals surface area contributed by atoms with Gasteiger partial charge in [-0.25, -0.2) is 18.4 Å². The molecule has 11 nitrogen and oxygen atoms in total. The van der Waals surface area contributed by atoms with Crippen LogP contribution in [0.3, 0.4) is 0 Å². The quantitative estimate of drug-likeness (QED) is 0.119. The first kappa shape index (κ1) is 43.5. The lowest BCUT2D eigenvalue weighted by Crippen LogP contribution is -2.65. The number of aliphatic hydroxyl groups excluding tert-OH is 1. The molecule has 2 aliphatic heterocycles. The van der Waals surface area contributed by atoms with Crippen molar-refractivity contribution in [2.45, 2.75) is 89.9 Å². The number of rotatable bonds is 16. The van der Waals surface area contributed by atoms with Crippen molar-refractivity contribution in [1.29, 1.82) is 0 Å². The van der Waals surface area contributed by atoms with Crippen LogP contribution in [0.15, 0.2) is 66.2 Å². The number of hydrogen-bond donors (Lipinski definition) is 1. The third kappa shape index (κ3) is 11.0. The minimum atomic E-state index is -1.37. The zero-order chi connectivity index (χ0) is 42.3. The summed E-state index contributed by atoms with van der Waals surface area (Å²) < 4.78 is 63.8. The summed E-state index contributed by atoms with van der Waals surface area (Å²) in [5.41, 5.74) is 4.36. The lowest BCUT2D eigenvalue weighted by Gasteiger charge is -2.50. The first-order valence-corrected chi connectivity index (χ1v) is 20.3. The van der Waals surface area contributed by atoms with Crippen molar-refractivity contribution in [3.8, 4) is 5.75 Å². The first-order chi connectivity index (χ1) is 28.3. The highest BCUT2D eigenvalue weighted by molar-refractivity contribution is 6.04. The van der Waals surface area contributed by atoms with Crippen LogP contribution < -0.4 is 4.74 Å². The number of benzene rings is 3. The zero-order valence-corrected chi connectivity index (χ0v) is 34.2. The number of fused-ring (bicyclic) bond motifs is 2. The fraction of sp³-hybridized carbons (Fsp3) is 0.489. The second kappa shape index (κ2) is 19.3. The number of aryl methyl sites for hydroxylation is 2. The van der Waals surface area contributed by atoms with E-state index in [2.05, 4.69) is 19.1 Å². The fourth-order valence-corrected chi connectivity index (χ4v) is 7.73. The summed E-state index contributed by atoms with van der Waals surface area (Å²) in [5.74, 6) is -4.47. The van der Waals surface area contributed by atoms with E-state index in [1.807, 2.05) is 41.3 Å². The van der Waals surface area contributed by atoms with Gasteiger partial charge in [0, 0.05) is 31.2 Å². The number of amides is 3. The van der Waals surface area contributed by atoms with E-state index in [-0.39, 0.29) is 64.5 Å². The maximum absolute atomic E-state index is 15.2. The minimum absolute atomic E-state index is 0.00245. The van der Waals surface area contributed by atoms with Crippen LogP contribution in [-0.4, -0.2) is 114 Å². The van der Waals surface area contributed by atoms with Gasteiger partial charge in [-0.3, -0.25) is 9.69 Å². The summed E-state index contributed by atoms with van der Waals surface area (Å²) >= 11 is 0. The van der Waals surface area contributed by atoms with Crippen LogP contribution in [0.1, 0.15) is 68.7 Å². The fourth-order valence-electron chi connectivity index (χ4n) is 7.73. The van der Waals surface area contributed by atoms with Gasteiger partial charge >= 0.3 is 12.2 Å². The van der Waals surface area contributed by atoms with Crippen molar-refractivity contribution in [3.05, 3.63) is 106 Å². The highest BCUT2D eigenvalue weighted by Gasteiger charge is 2.50. The molecule has 0 aromatic heterocycles. The maximum atomic E-state index is 15.2. The Kier molecular flexibility index (Phi) is 14.2. The zero-order valence-electron chi connectivity index (χ0n) is 34.2. The number of piperazine rings is 1. The Morgan fingerprint density at radius 2 is 1.59 bits per heavy atom. The van der Waals surface area contributed by atoms with Crippen molar-refractivity contribution in [1.82, 2.24) is 14.7 Å². The molecule has 1 N–H and O–H groups in total. The van der Waals surface area contributed by atoms with Crippen LogP contribution in [0.4, 0.5) is 22.8 Å². The van der Waals surface area contributed by atoms with Crippen molar-refractivity contribution in [3.63, 3.8) is 0 Å². The van der Waals surface area contributed by atoms with E-state index in [4.69, 9.17) is 24.1 Å². The molecule has 6 rings (SSSR count). The predicted molar refractivity (Wildman–Crippen MR) is 214 cm³/mol. The maximum Gasteiger partial charge on any atom is 0.411 e. The number of aliphatic hydroxyl groups is 1. The third-order valence-corrected chi connectivity index (χ3v) is 10.7. The highest BCUT2D eigenvalue weighted by Crippen LogP contribution is 2.42. The Morgan fingerprint density at radius 3 is 2.29 bits per heavy atom. The van der Waals surface area contributed by atoms with Crippen LogP contribution in [0.2, 0.25) is 0 Å². The second-order valence-electron chi connectivity index (χ2n) is 16.2. The summed E-state index contributed by atoms with van der Waals surface area (Å²) in [6.07, 6.45) is 2.35. The predicted octanol–water partition coefficient (Wildman–Crippen LogP) is 7.25. The number of carbonyl (C=O) groups is 3. The molecule has 3 amide bonds. The summed E-state index contributed by atoms with van der Waals surface area (Å²) in [6.45, 7) is 8.01. The molecule has 3 aromatic carbocycles. The second-order valence-corrected chi connectivity index (χ2v) is 16.2. The monoisotopic (exact) mass is 821 g/mol. The van der Waals surface area contributed by atoms with E-state index in [0.717, 1.165) is 46.7 Å². The molecule has 1 aliphatic carbocycles. The Hall–Kier alpha value is -5.08. The van der Waals surface area contributed by atoms with Crippen LogP contribution in [0, 0.1) is 24.4 Å². The molecule has 1 saturated heterocycles. The molecule has 3 aromatic rings. The molecule has 0 spiro atoms. The number of nitrogens with zero attached hydrogens (tertiary/aromatic N) is 3. The molecule has 2 fully saturated rings. The van der Waals surface area contributed by atoms with Gasteiger partial charge in [0.1, 0.15) is 12.2 Å². The van der Waals surface area contributed by atoms with Crippen LogP contribution in [0.5, 0.6) is 5.75 Å². The summed E-state index contributed by atoms with van der Waals surface area (Å²) in [7, 11) is 0. The normalized spacial score (nSPS) is 17.8. The van der Waals surface area contributed by atoms with Crippen molar-refractivity contribution < 1.29 is 51.6 Å². The van der Waals surface area contributed by atoms with Gasteiger partial charge in [-0.15, -0.1) is 0 Å². The molecule has 2 heterocycles. The van der Waals surface area contributed by atoms with Gasteiger partial charge in [-0.2, -0.15) is 4.39 Å². The van der Waals surface area contributed by atoms with Crippen LogP contribution >= 0.6 is 0 Å². The van der Waals surface area contributed by atoms with E-state index in [1.54, 1.807) is 25.7 Å². The van der Waals surface area contributed by atoms with Gasteiger partial charge in [0.15, 0.2) is 17.4 Å². The molecule has 2 bridgehead atoms. The number of halogens is 3. The molecule has 59 heavy (non-hydrogen) atoms. The smallest absolute Gasteiger partial charge is 0.411 e. The summed E-state index contributed by atoms with van der Waals surface area (Å²) in [6, 6.07) is 16.0. The van der Waals surface area contributed by atoms with E-state index < -0.39 is 53.1 Å².